The highest BCUT2D eigenvalue weighted by Crippen LogP contribution is 2.55. The zero-order valence-electron chi connectivity index (χ0n) is 18.9. The molecule has 1 amide bonds. The van der Waals surface area contributed by atoms with Gasteiger partial charge in [-0.25, -0.2) is 4.98 Å². The minimum Gasteiger partial charge on any atom is -0.369 e. The van der Waals surface area contributed by atoms with Crippen molar-refractivity contribution in [3.63, 3.8) is 0 Å². The standard InChI is InChI=1S/C24H32N4O2S/c1-15-9-18(10-16(2)26-15)23(29)28-12-20-19(21-5-7-24(20,13-28)30-21)11-27(4)8-6-22-17(3)25-14-31-22/h9-10,14,19-21H,5-8,11-13H2,1-4H3/t19-,20+,21+,24+/m0/s1. The van der Waals surface area contributed by atoms with E-state index in [0.29, 0.717) is 17.9 Å². The zero-order valence-corrected chi connectivity index (χ0v) is 19.7. The van der Waals surface area contributed by atoms with Crippen LogP contribution < -0.4 is 0 Å². The van der Waals surface area contributed by atoms with Gasteiger partial charge in [0.1, 0.15) is 0 Å². The van der Waals surface area contributed by atoms with E-state index in [0.717, 1.165) is 68.1 Å². The van der Waals surface area contributed by atoms with Crippen LogP contribution in [0.5, 0.6) is 0 Å². The van der Waals surface area contributed by atoms with Crippen molar-refractivity contribution < 1.29 is 9.53 Å². The van der Waals surface area contributed by atoms with Crippen molar-refractivity contribution in [3.05, 3.63) is 45.2 Å². The predicted molar refractivity (Wildman–Crippen MR) is 121 cm³/mol. The summed E-state index contributed by atoms with van der Waals surface area (Å²) < 4.78 is 6.59. The van der Waals surface area contributed by atoms with Gasteiger partial charge in [0.05, 0.1) is 29.5 Å². The van der Waals surface area contributed by atoms with Gasteiger partial charge in [0, 0.05) is 53.3 Å². The van der Waals surface area contributed by atoms with E-state index in [-0.39, 0.29) is 11.5 Å². The summed E-state index contributed by atoms with van der Waals surface area (Å²) in [7, 11) is 2.22. The molecular formula is C24H32N4O2S. The van der Waals surface area contributed by atoms with Crippen LogP contribution in [0, 0.1) is 32.6 Å². The van der Waals surface area contributed by atoms with E-state index in [1.54, 1.807) is 11.3 Å². The lowest BCUT2D eigenvalue weighted by atomic mass is 9.73. The summed E-state index contributed by atoms with van der Waals surface area (Å²) in [6.45, 7) is 9.59. The lowest BCUT2D eigenvalue weighted by molar-refractivity contribution is 0.00240. The Balaban J connectivity index is 1.26. The first-order chi connectivity index (χ1) is 14.8. The van der Waals surface area contributed by atoms with Crippen molar-refractivity contribution in [1.29, 1.82) is 0 Å². The maximum atomic E-state index is 13.3. The van der Waals surface area contributed by atoms with E-state index in [1.807, 2.05) is 36.4 Å². The molecule has 166 valence electrons. The molecule has 2 aromatic heterocycles. The number of rotatable bonds is 6. The molecule has 4 atom stereocenters. The number of aryl methyl sites for hydroxylation is 3. The van der Waals surface area contributed by atoms with Crippen molar-refractivity contribution in [2.75, 3.05) is 33.2 Å². The van der Waals surface area contributed by atoms with E-state index >= 15 is 0 Å². The van der Waals surface area contributed by atoms with E-state index < -0.39 is 0 Å². The summed E-state index contributed by atoms with van der Waals surface area (Å²) in [5.41, 5.74) is 5.52. The smallest absolute Gasteiger partial charge is 0.254 e. The Morgan fingerprint density at radius 1 is 1.32 bits per heavy atom. The molecule has 0 aliphatic carbocycles. The molecule has 2 aromatic rings. The number of fused-ring (bicyclic) bond motifs is 1. The van der Waals surface area contributed by atoms with Crippen LogP contribution in [-0.2, 0) is 11.2 Å². The third-order valence-corrected chi connectivity index (χ3v) is 8.48. The Morgan fingerprint density at radius 2 is 2.10 bits per heavy atom. The first-order valence-corrected chi connectivity index (χ1v) is 12.2. The molecule has 0 aromatic carbocycles. The van der Waals surface area contributed by atoms with Gasteiger partial charge in [0.25, 0.3) is 5.91 Å². The van der Waals surface area contributed by atoms with Gasteiger partial charge >= 0.3 is 0 Å². The quantitative estimate of drug-likeness (QED) is 0.690. The van der Waals surface area contributed by atoms with Crippen LogP contribution in [0.15, 0.2) is 17.6 Å². The van der Waals surface area contributed by atoms with Crippen LogP contribution in [-0.4, -0.2) is 70.6 Å². The lowest BCUT2D eigenvalue weighted by Gasteiger charge is -2.32. The van der Waals surface area contributed by atoms with Gasteiger partial charge in [-0.1, -0.05) is 0 Å². The Bertz CT molecular complexity index is 971. The first kappa shape index (κ1) is 21.0. The molecule has 6 nitrogen and oxygen atoms in total. The van der Waals surface area contributed by atoms with Crippen LogP contribution in [0.2, 0.25) is 0 Å². The summed E-state index contributed by atoms with van der Waals surface area (Å²) in [5, 5.41) is 0. The Kier molecular flexibility index (Phi) is 5.39. The van der Waals surface area contributed by atoms with Crippen LogP contribution in [0.25, 0.3) is 0 Å². The van der Waals surface area contributed by atoms with Gasteiger partial charge in [-0.15, -0.1) is 11.3 Å². The molecule has 0 N–H and O–H groups in total. The summed E-state index contributed by atoms with van der Waals surface area (Å²) in [5.74, 6) is 1.06. The maximum absolute atomic E-state index is 13.3. The molecule has 7 heteroatoms. The van der Waals surface area contributed by atoms with Gasteiger partial charge in [-0.3, -0.25) is 9.78 Å². The van der Waals surface area contributed by atoms with E-state index in [9.17, 15) is 4.79 Å². The largest absolute Gasteiger partial charge is 0.369 e. The second-order valence-corrected chi connectivity index (χ2v) is 10.7. The number of thiazole rings is 1. The van der Waals surface area contributed by atoms with Gasteiger partial charge in [-0.2, -0.15) is 0 Å². The molecule has 0 unspecified atom stereocenters. The van der Waals surface area contributed by atoms with Gasteiger partial charge in [0.15, 0.2) is 0 Å². The number of pyridine rings is 1. The number of likely N-dealkylation sites (tertiary alicyclic amines) is 1. The van der Waals surface area contributed by atoms with Crippen LogP contribution in [0.4, 0.5) is 0 Å². The van der Waals surface area contributed by atoms with Crippen molar-refractivity contribution in [1.82, 2.24) is 19.8 Å². The van der Waals surface area contributed by atoms with E-state index in [1.165, 1.54) is 4.88 Å². The predicted octanol–water partition coefficient (Wildman–Crippen LogP) is 3.26. The average molecular weight is 441 g/mol. The fourth-order valence-corrected chi connectivity index (χ4v) is 6.81. The van der Waals surface area contributed by atoms with E-state index in [4.69, 9.17) is 4.74 Å². The van der Waals surface area contributed by atoms with Crippen molar-refractivity contribution in [2.45, 2.75) is 51.7 Å². The van der Waals surface area contributed by atoms with Crippen LogP contribution in [0.3, 0.4) is 0 Å². The number of nitrogens with zero attached hydrogens (tertiary/aromatic N) is 4. The monoisotopic (exact) mass is 440 g/mol. The topological polar surface area (TPSA) is 58.6 Å². The number of hydrogen-bond donors (Lipinski definition) is 0. The van der Waals surface area contributed by atoms with E-state index in [2.05, 4.69) is 28.8 Å². The highest BCUT2D eigenvalue weighted by molar-refractivity contribution is 7.09. The molecule has 2 bridgehead atoms. The Hall–Kier alpha value is -1.83. The number of ether oxygens (including phenoxy) is 1. The third kappa shape index (κ3) is 3.81. The summed E-state index contributed by atoms with van der Waals surface area (Å²) >= 11 is 1.75. The summed E-state index contributed by atoms with van der Waals surface area (Å²) in [4.78, 5) is 27.9. The molecule has 3 fully saturated rings. The number of carbonyl (C=O) groups is 1. The Labute approximate surface area is 188 Å². The fourth-order valence-electron chi connectivity index (χ4n) is 6.04. The van der Waals surface area contributed by atoms with Gasteiger partial charge in [0.2, 0.25) is 0 Å². The second kappa shape index (κ2) is 7.94. The number of amides is 1. The van der Waals surface area contributed by atoms with Crippen molar-refractivity contribution in [2.24, 2.45) is 11.8 Å². The number of aromatic nitrogens is 2. The van der Waals surface area contributed by atoms with Gasteiger partial charge < -0.3 is 14.5 Å². The first-order valence-electron chi connectivity index (χ1n) is 11.3. The van der Waals surface area contributed by atoms with Crippen LogP contribution in [0.1, 0.15) is 45.2 Å². The minimum absolute atomic E-state index is 0.122. The molecular weight excluding hydrogens is 408 g/mol. The number of carbonyl (C=O) groups excluding carboxylic acids is 1. The Morgan fingerprint density at radius 3 is 2.81 bits per heavy atom. The highest BCUT2D eigenvalue weighted by atomic mass is 32.1. The van der Waals surface area contributed by atoms with Crippen molar-refractivity contribution >= 4 is 17.2 Å². The lowest BCUT2D eigenvalue weighted by Crippen LogP contribution is -2.41. The van der Waals surface area contributed by atoms with Crippen LogP contribution >= 0.6 is 11.3 Å². The highest BCUT2D eigenvalue weighted by Gasteiger charge is 2.63. The van der Waals surface area contributed by atoms with Crippen molar-refractivity contribution in [3.8, 4) is 0 Å². The molecule has 5 rings (SSSR count). The van der Waals surface area contributed by atoms with Gasteiger partial charge in [-0.05, 0) is 59.2 Å². The molecule has 31 heavy (non-hydrogen) atoms. The minimum atomic E-state index is -0.128. The molecule has 3 aliphatic heterocycles. The molecule has 5 heterocycles. The molecule has 0 saturated carbocycles. The second-order valence-electron chi connectivity index (χ2n) is 9.73. The summed E-state index contributed by atoms with van der Waals surface area (Å²) in [6, 6.07) is 3.82. The fraction of sp³-hybridized carbons (Fsp3) is 0.625. The molecule has 0 radical (unpaired) electrons. The molecule has 1 spiro atoms. The SMILES string of the molecule is Cc1cc(C(=O)N2C[C@@H]3[C@H](CN(C)CCc4scnc4C)[C@H]4CC[C@]3(C2)O4)cc(C)n1. The maximum Gasteiger partial charge on any atom is 0.254 e. The summed E-state index contributed by atoms with van der Waals surface area (Å²) in [6.07, 6.45) is 3.60. The molecule has 3 saturated heterocycles. The normalized spacial score (nSPS) is 29.2. The zero-order chi connectivity index (χ0) is 21.8. The average Bonchev–Trinajstić information content (AvgIpc) is 3.47. The number of hydrogen-bond acceptors (Lipinski definition) is 6. The number of likely N-dealkylation sites (N-methyl/N-ethyl adjacent to an activating group) is 1. The molecule has 3 aliphatic rings. The third-order valence-electron chi connectivity index (χ3n) is 7.49.